The van der Waals surface area contributed by atoms with E-state index in [0.29, 0.717) is 38.8 Å². The van der Waals surface area contributed by atoms with Gasteiger partial charge < -0.3 is 25.6 Å². The Bertz CT molecular complexity index is 850. The summed E-state index contributed by atoms with van der Waals surface area (Å²) in [6, 6.07) is 5.98. The van der Waals surface area contributed by atoms with E-state index < -0.39 is 23.7 Å². The summed E-state index contributed by atoms with van der Waals surface area (Å²) in [5.41, 5.74) is -0.253. The average Bonchev–Trinajstić information content (AvgIpc) is 2.81. The van der Waals surface area contributed by atoms with Gasteiger partial charge >= 0.3 is 6.09 Å². The maximum atomic E-state index is 13.1. The van der Waals surface area contributed by atoms with Crippen LogP contribution in [0.2, 0.25) is 0 Å². The van der Waals surface area contributed by atoms with E-state index >= 15 is 0 Å². The molecule has 8 heteroatoms. The van der Waals surface area contributed by atoms with Crippen LogP contribution in [0, 0.1) is 28.5 Å². The van der Waals surface area contributed by atoms with Gasteiger partial charge in [-0.15, -0.1) is 0 Å². The number of carbonyl (C=O) groups excluding carboxylic acids is 2. The van der Waals surface area contributed by atoms with Crippen LogP contribution in [0.5, 0.6) is 0 Å². The molecule has 0 spiro atoms. The van der Waals surface area contributed by atoms with Crippen LogP contribution in [-0.2, 0) is 16.1 Å². The van der Waals surface area contributed by atoms with Crippen LogP contribution in [0.15, 0.2) is 24.3 Å². The van der Waals surface area contributed by atoms with Crippen molar-refractivity contribution in [2.75, 3.05) is 13.2 Å². The van der Waals surface area contributed by atoms with Crippen molar-refractivity contribution in [3.63, 3.8) is 0 Å². The van der Waals surface area contributed by atoms with E-state index in [0.717, 1.165) is 12.0 Å². The molecule has 1 aromatic carbocycles. The molecule has 6 atom stereocenters. The minimum absolute atomic E-state index is 0.0129. The SMILES string of the molecule is CCCNC(=O)O[C@H]1CC[C@@]2(C)[C@@H](CC[C@@H](O)[C@H]2CC(=O)NCc2ccc(F)cc2)[C@]1(C)CO. The van der Waals surface area contributed by atoms with Crippen molar-refractivity contribution in [3.8, 4) is 0 Å². The smallest absolute Gasteiger partial charge is 0.407 e. The lowest BCUT2D eigenvalue weighted by Crippen LogP contribution is -2.61. The summed E-state index contributed by atoms with van der Waals surface area (Å²) < 4.78 is 18.9. The highest BCUT2D eigenvalue weighted by Crippen LogP contribution is 2.61. The van der Waals surface area contributed by atoms with E-state index in [-0.39, 0.29) is 42.0 Å². The zero-order valence-electron chi connectivity index (χ0n) is 20.5. The Balaban J connectivity index is 1.71. The Kier molecular flexibility index (Phi) is 8.57. The Morgan fingerprint density at radius 1 is 1.15 bits per heavy atom. The normalized spacial score (nSPS) is 33.0. The second kappa shape index (κ2) is 11.0. The molecule has 0 saturated heterocycles. The Morgan fingerprint density at radius 2 is 1.85 bits per heavy atom. The van der Waals surface area contributed by atoms with Gasteiger partial charge in [0.1, 0.15) is 11.9 Å². The third kappa shape index (κ3) is 5.54. The van der Waals surface area contributed by atoms with E-state index in [1.54, 1.807) is 12.1 Å². The summed E-state index contributed by atoms with van der Waals surface area (Å²) in [5, 5.41) is 27.0. The van der Waals surface area contributed by atoms with Gasteiger partial charge in [0, 0.05) is 24.9 Å². The lowest BCUT2D eigenvalue weighted by molar-refractivity contribution is -0.186. The number of amides is 2. The summed E-state index contributed by atoms with van der Waals surface area (Å²) >= 11 is 0. The van der Waals surface area contributed by atoms with Gasteiger partial charge in [0.05, 0.1) is 12.7 Å². The highest BCUT2D eigenvalue weighted by molar-refractivity contribution is 5.76. The number of aliphatic hydroxyl groups is 2. The first-order valence-corrected chi connectivity index (χ1v) is 12.4. The van der Waals surface area contributed by atoms with Crippen LogP contribution >= 0.6 is 0 Å². The molecule has 3 rings (SSSR count). The maximum Gasteiger partial charge on any atom is 0.407 e. The summed E-state index contributed by atoms with van der Waals surface area (Å²) in [7, 11) is 0. The topological polar surface area (TPSA) is 108 Å². The number of ether oxygens (including phenoxy) is 1. The summed E-state index contributed by atoms with van der Waals surface area (Å²) in [6.45, 7) is 6.70. The molecule has 2 saturated carbocycles. The van der Waals surface area contributed by atoms with Gasteiger partial charge in [-0.25, -0.2) is 9.18 Å². The van der Waals surface area contributed by atoms with Crippen LogP contribution in [0.3, 0.4) is 0 Å². The molecule has 0 unspecified atom stereocenters. The molecule has 0 radical (unpaired) electrons. The standard InChI is InChI=1S/C26H39FN2O5/c1-4-13-28-24(33)34-22-11-12-25(2)19(20(31)9-10-21(25)26(22,3)16-30)14-23(32)29-15-17-5-7-18(27)8-6-17/h5-8,19-22,30-31H,4,9-16H2,1-3H3,(H,28,33)(H,29,32)/t19-,20-,21-,22+,25-,26+/m1/s1. The Labute approximate surface area is 201 Å². The molecular formula is C26H39FN2O5. The highest BCUT2D eigenvalue weighted by Gasteiger charge is 2.60. The number of carbonyl (C=O) groups is 2. The number of alkyl carbamates (subject to hydrolysis) is 1. The van der Waals surface area contributed by atoms with E-state index in [4.69, 9.17) is 4.74 Å². The predicted molar refractivity (Wildman–Crippen MR) is 126 cm³/mol. The van der Waals surface area contributed by atoms with Crippen molar-refractivity contribution in [2.24, 2.45) is 22.7 Å². The minimum Gasteiger partial charge on any atom is -0.446 e. The number of hydrogen-bond acceptors (Lipinski definition) is 5. The lowest BCUT2D eigenvalue weighted by Gasteiger charge is -2.60. The average molecular weight is 479 g/mol. The largest absolute Gasteiger partial charge is 0.446 e. The third-order valence-electron chi connectivity index (χ3n) is 8.25. The molecule has 7 nitrogen and oxygen atoms in total. The van der Waals surface area contributed by atoms with Gasteiger partial charge in [-0.2, -0.15) is 0 Å². The van der Waals surface area contributed by atoms with E-state index in [9.17, 15) is 24.2 Å². The van der Waals surface area contributed by atoms with Gasteiger partial charge in [-0.1, -0.05) is 32.9 Å². The number of hydrogen-bond donors (Lipinski definition) is 4. The molecule has 1 aromatic rings. The fraction of sp³-hybridized carbons (Fsp3) is 0.692. The van der Waals surface area contributed by atoms with E-state index in [2.05, 4.69) is 17.6 Å². The molecule has 2 aliphatic carbocycles. The number of halogens is 1. The van der Waals surface area contributed by atoms with Crippen molar-refractivity contribution in [2.45, 2.75) is 78.0 Å². The third-order valence-corrected chi connectivity index (χ3v) is 8.25. The van der Waals surface area contributed by atoms with Gasteiger partial charge in [0.2, 0.25) is 5.91 Å². The molecule has 2 fully saturated rings. The van der Waals surface area contributed by atoms with Crippen molar-refractivity contribution >= 4 is 12.0 Å². The van der Waals surface area contributed by atoms with Crippen molar-refractivity contribution in [1.29, 1.82) is 0 Å². The zero-order valence-corrected chi connectivity index (χ0v) is 20.5. The molecule has 2 aliphatic rings. The van der Waals surface area contributed by atoms with Crippen LogP contribution in [0.4, 0.5) is 9.18 Å². The number of rotatable bonds is 8. The molecule has 4 N–H and O–H groups in total. The van der Waals surface area contributed by atoms with Crippen LogP contribution < -0.4 is 10.6 Å². The summed E-state index contributed by atoms with van der Waals surface area (Å²) in [5.74, 6) is -0.784. The number of nitrogens with one attached hydrogen (secondary N) is 2. The number of benzene rings is 1. The minimum atomic E-state index is -0.667. The zero-order chi connectivity index (χ0) is 24.9. The van der Waals surface area contributed by atoms with Crippen molar-refractivity contribution in [3.05, 3.63) is 35.6 Å². The van der Waals surface area contributed by atoms with Gasteiger partial charge in [0.15, 0.2) is 0 Å². The Morgan fingerprint density at radius 3 is 2.50 bits per heavy atom. The number of aliphatic hydroxyl groups excluding tert-OH is 2. The molecular weight excluding hydrogens is 439 g/mol. The molecule has 190 valence electrons. The van der Waals surface area contributed by atoms with E-state index in [1.807, 2.05) is 13.8 Å². The molecule has 2 amide bonds. The molecule has 0 heterocycles. The van der Waals surface area contributed by atoms with Gasteiger partial charge in [-0.3, -0.25) is 4.79 Å². The summed E-state index contributed by atoms with van der Waals surface area (Å²) in [4.78, 5) is 25.1. The second-order valence-corrected chi connectivity index (χ2v) is 10.4. The van der Waals surface area contributed by atoms with E-state index in [1.165, 1.54) is 12.1 Å². The first kappa shape index (κ1) is 26.4. The fourth-order valence-electron chi connectivity index (χ4n) is 6.25. The van der Waals surface area contributed by atoms with Crippen LogP contribution in [0.25, 0.3) is 0 Å². The first-order chi connectivity index (χ1) is 16.1. The van der Waals surface area contributed by atoms with Gasteiger partial charge in [-0.05, 0) is 67.1 Å². The lowest BCUT2D eigenvalue weighted by atomic mass is 9.46. The highest BCUT2D eigenvalue weighted by atomic mass is 19.1. The van der Waals surface area contributed by atoms with Crippen LogP contribution in [0.1, 0.15) is 64.9 Å². The maximum absolute atomic E-state index is 13.1. The molecule has 0 aliphatic heterocycles. The monoisotopic (exact) mass is 478 g/mol. The van der Waals surface area contributed by atoms with Crippen molar-refractivity contribution in [1.82, 2.24) is 10.6 Å². The molecule has 0 bridgehead atoms. The predicted octanol–water partition coefficient (Wildman–Crippen LogP) is 3.52. The second-order valence-electron chi connectivity index (χ2n) is 10.4. The molecule has 34 heavy (non-hydrogen) atoms. The summed E-state index contributed by atoms with van der Waals surface area (Å²) in [6.07, 6.45) is 1.92. The Hall–Kier alpha value is -2.19. The molecule has 0 aromatic heterocycles. The van der Waals surface area contributed by atoms with Crippen LogP contribution in [-0.4, -0.2) is 47.6 Å². The van der Waals surface area contributed by atoms with Crippen molar-refractivity contribution < 1.29 is 28.9 Å². The fourth-order valence-corrected chi connectivity index (χ4v) is 6.25. The first-order valence-electron chi connectivity index (χ1n) is 12.4. The van der Waals surface area contributed by atoms with Gasteiger partial charge in [0.25, 0.3) is 0 Å². The quantitative estimate of drug-likeness (QED) is 0.457. The number of fused-ring (bicyclic) bond motifs is 1.